The number of piperidine rings is 1. The van der Waals surface area contributed by atoms with E-state index in [9.17, 15) is 9.18 Å². The second kappa shape index (κ2) is 9.09. The zero-order chi connectivity index (χ0) is 20.1. The Labute approximate surface area is 172 Å². The molecule has 1 N–H and O–H groups in total. The number of aromatic nitrogens is 2. The quantitative estimate of drug-likeness (QED) is 0.597. The van der Waals surface area contributed by atoms with Crippen LogP contribution in [0.15, 0.2) is 58.2 Å². The average molecular weight is 412 g/mol. The Bertz CT molecular complexity index is 971. The fourth-order valence-corrected chi connectivity index (χ4v) is 3.81. The highest BCUT2D eigenvalue weighted by Crippen LogP contribution is 2.25. The van der Waals surface area contributed by atoms with Gasteiger partial charge in [-0.05, 0) is 55.7 Å². The normalized spacial score (nSPS) is 14.0. The summed E-state index contributed by atoms with van der Waals surface area (Å²) in [7, 11) is 0. The van der Waals surface area contributed by atoms with E-state index < -0.39 is 5.82 Å². The number of hydrogen-bond donors (Lipinski definition) is 1. The van der Waals surface area contributed by atoms with Crippen molar-refractivity contribution in [3.05, 3.63) is 54.3 Å². The molecule has 0 aliphatic carbocycles. The van der Waals surface area contributed by atoms with Gasteiger partial charge in [-0.2, -0.15) is 0 Å². The Hall–Kier alpha value is -2.87. The summed E-state index contributed by atoms with van der Waals surface area (Å²) in [4.78, 5) is 14.6. The highest BCUT2D eigenvalue weighted by molar-refractivity contribution is 7.99. The summed E-state index contributed by atoms with van der Waals surface area (Å²) in [5.74, 6) is -0.392. The van der Waals surface area contributed by atoms with E-state index in [1.807, 2.05) is 24.3 Å². The van der Waals surface area contributed by atoms with Crippen molar-refractivity contribution in [1.82, 2.24) is 10.2 Å². The van der Waals surface area contributed by atoms with E-state index in [0.717, 1.165) is 30.5 Å². The lowest BCUT2D eigenvalue weighted by atomic mass is 10.1. The number of carbonyl (C=O) groups excluding carboxylic acids is 1. The van der Waals surface area contributed by atoms with Gasteiger partial charge < -0.3 is 14.6 Å². The van der Waals surface area contributed by atoms with Crippen LogP contribution in [0.3, 0.4) is 0 Å². The van der Waals surface area contributed by atoms with Crippen molar-refractivity contribution in [1.29, 1.82) is 0 Å². The lowest BCUT2D eigenvalue weighted by Crippen LogP contribution is -2.29. The largest absolute Gasteiger partial charge is 0.411 e. The van der Waals surface area contributed by atoms with Crippen molar-refractivity contribution >= 4 is 29.0 Å². The molecule has 4 rings (SSSR count). The Morgan fingerprint density at radius 3 is 2.59 bits per heavy atom. The van der Waals surface area contributed by atoms with Crippen LogP contribution in [0.4, 0.5) is 15.8 Å². The van der Waals surface area contributed by atoms with Gasteiger partial charge in [-0.15, -0.1) is 10.2 Å². The molecule has 0 atom stereocenters. The third-order valence-electron chi connectivity index (χ3n) is 4.71. The van der Waals surface area contributed by atoms with Crippen LogP contribution in [-0.2, 0) is 4.79 Å². The van der Waals surface area contributed by atoms with Crippen LogP contribution in [0.2, 0.25) is 0 Å². The molecule has 0 saturated carbocycles. The number of amides is 1. The predicted molar refractivity (Wildman–Crippen MR) is 112 cm³/mol. The molecule has 0 unspecified atom stereocenters. The van der Waals surface area contributed by atoms with Gasteiger partial charge in [0.1, 0.15) is 5.82 Å². The average Bonchev–Trinajstić information content (AvgIpc) is 3.23. The van der Waals surface area contributed by atoms with Gasteiger partial charge in [-0.25, -0.2) is 4.39 Å². The molecule has 1 fully saturated rings. The highest BCUT2D eigenvalue weighted by atomic mass is 32.2. The highest BCUT2D eigenvalue weighted by Gasteiger charge is 2.14. The van der Waals surface area contributed by atoms with E-state index in [2.05, 4.69) is 20.4 Å². The molecule has 150 valence electrons. The van der Waals surface area contributed by atoms with Gasteiger partial charge in [0.2, 0.25) is 5.91 Å². The molecule has 29 heavy (non-hydrogen) atoms. The number of halogens is 1. The Kier molecular flexibility index (Phi) is 6.09. The molecule has 1 saturated heterocycles. The Morgan fingerprint density at radius 2 is 1.83 bits per heavy atom. The van der Waals surface area contributed by atoms with Crippen molar-refractivity contribution in [3.63, 3.8) is 0 Å². The minimum absolute atomic E-state index is 0.0966. The molecule has 2 heterocycles. The van der Waals surface area contributed by atoms with Gasteiger partial charge in [0.15, 0.2) is 0 Å². The van der Waals surface area contributed by atoms with E-state index in [-0.39, 0.29) is 28.3 Å². The third kappa shape index (κ3) is 4.95. The van der Waals surface area contributed by atoms with Gasteiger partial charge in [0.05, 0.1) is 11.3 Å². The maximum atomic E-state index is 13.8. The van der Waals surface area contributed by atoms with Gasteiger partial charge in [0, 0.05) is 24.5 Å². The molecule has 2 aromatic carbocycles. The first kappa shape index (κ1) is 19.4. The Morgan fingerprint density at radius 1 is 1.07 bits per heavy atom. The Balaban J connectivity index is 1.30. The SMILES string of the molecule is O=C(CSc1nnc(-c2ccccc2F)o1)Nc1ccc(N2CCCCC2)cc1. The number of benzene rings is 2. The molecule has 1 amide bonds. The van der Waals surface area contributed by atoms with E-state index in [4.69, 9.17) is 4.42 Å². The molecular formula is C21H21FN4O2S. The van der Waals surface area contributed by atoms with Crippen molar-refractivity contribution in [2.75, 3.05) is 29.1 Å². The molecule has 0 spiro atoms. The number of thioether (sulfide) groups is 1. The van der Waals surface area contributed by atoms with Gasteiger partial charge in [0.25, 0.3) is 11.1 Å². The summed E-state index contributed by atoms with van der Waals surface area (Å²) in [5.41, 5.74) is 2.17. The maximum Gasteiger partial charge on any atom is 0.277 e. The first-order chi connectivity index (χ1) is 14.2. The zero-order valence-corrected chi connectivity index (χ0v) is 16.6. The van der Waals surface area contributed by atoms with E-state index in [1.54, 1.807) is 18.2 Å². The van der Waals surface area contributed by atoms with Crippen LogP contribution < -0.4 is 10.2 Å². The molecule has 3 aromatic rings. The summed E-state index contributed by atoms with van der Waals surface area (Å²) in [6.45, 7) is 2.17. The van der Waals surface area contributed by atoms with Crippen molar-refractivity contribution < 1.29 is 13.6 Å². The number of nitrogens with zero attached hydrogens (tertiary/aromatic N) is 3. The van der Waals surface area contributed by atoms with Crippen LogP contribution in [0.5, 0.6) is 0 Å². The number of nitrogens with one attached hydrogen (secondary N) is 1. The maximum absolute atomic E-state index is 13.8. The zero-order valence-electron chi connectivity index (χ0n) is 15.8. The predicted octanol–water partition coefficient (Wildman–Crippen LogP) is 4.60. The first-order valence-electron chi connectivity index (χ1n) is 9.55. The minimum Gasteiger partial charge on any atom is -0.411 e. The van der Waals surface area contributed by atoms with Crippen LogP contribution in [0, 0.1) is 5.82 Å². The second-order valence-electron chi connectivity index (χ2n) is 6.78. The fourth-order valence-electron chi connectivity index (χ4n) is 3.24. The molecule has 0 bridgehead atoms. The summed E-state index contributed by atoms with van der Waals surface area (Å²) in [5, 5.41) is 10.8. The molecule has 1 aliphatic rings. The standard InChI is InChI=1S/C21H21FN4O2S/c22-18-7-3-2-6-17(18)20-24-25-21(28-20)29-14-19(27)23-15-8-10-16(11-9-15)26-12-4-1-5-13-26/h2-3,6-11H,1,4-5,12-14H2,(H,23,27). The number of rotatable bonds is 6. The topological polar surface area (TPSA) is 71.3 Å². The van der Waals surface area contributed by atoms with Gasteiger partial charge >= 0.3 is 0 Å². The lowest BCUT2D eigenvalue weighted by molar-refractivity contribution is -0.113. The molecule has 8 heteroatoms. The molecule has 1 aliphatic heterocycles. The number of anilines is 2. The number of hydrogen-bond acceptors (Lipinski definition) is 6. The molecule has 6 nitrogen and oxygen atoms in total. The van der Waals surface area contributed by atoms with Crippen molar-refractivity contribution in [2.24, 2.45) is 0 Å². The summed E-state index contributed by atoms with van der Waals surface area (Å²) < 4.78 is 19.2. The van der Waals surface area contributed by atoms with Gasteiger partial charge in [-0.1, -0.05) is 23.9 Å². The van der Waals surface area contributed by atoms with E-state index >= 15 is 0 Å². The second-order valence-corrected chi connectivity index (χ2v) is 7.71. The van der Waals surface area contributed by atoms with Crippen LogP contribution in [0.1, 0.15) is 19.3 Å². The first-order valence-corrected chi connectivity index (χ1v) is 10.5. The van der Waals surface area contributed by atoms with Crippen molar-refractivity contribution in [3.8, 4) is 11.5 Å². The van der Waals surface area contributed by atoms with E-state index in [1.165, 1.54) is 31.0 Å². The lowest BCUT2D eigenvalue weighted by Gasteiger charge is -2.28. The smallest absolute Gasteiger partial charge is 0.277 e. The van der Waals surface area contributed by atoms with E-state index in [0.29, 0.717) is 0 Å². The van der Waals surface area contributed by atoms with Crippen LogP contribution in [0.25, 0.3) is 11.5 Å². The molecular weight excluding hydrogens is 391 g/mol. The van der Waals surface area contributed by atoms with Crippen LogP contribution in [-0.4, -0.2) is 34.9 Å². The molecule has 1 aromatic heterocycles. The minimum atomic E-state index is -0.432. The number of carbonyl (C=O) groups is 1. The third-order valence-corrected chi connectivity index (χ3v) is 5.53. The molecule has 0 radical (unpaired) electrons. The van der Waals surface area contributed by atoms with Gasteiger partial charge in [-0.3, -0.25) is 4.79 Å². The summed E-state index contributed by atoms with van der Waals surface area (Å²) >= 11 is 1.11. The summed E-state index contributed by atoms with van der Waals surface area (Å²) in [6.07, 6.45) is 3.75. The summed E-state index contributed by atoms with van der Waals surface area (Å²) in [6, 6.07) is 14.1. The fraction of sp³-hybridized carbons (Fsp3) is 0.286. The van der Waals surface area contributed by atoms with Crippen LogP contribution >= 0.6 is 11.8 Å². The van der Waals surface area contributed by atoms with Crippen molar-refractivity contribution in [2.45, 2.75) is 24.5 Å². The monoisotopic (exact) mass is 412 g/mol.